The number of rotatable bonds is 4. The van der Waals surface area contributed by atoms with Crippen molar-refractivity contribution in [2.45, 2.75) is 5.41 Å². The lowest BCUT2D eigenvalue weighted by atomic mass is 9.65. The third kappa shape index (κ3) is 4.59. The van der Waals surface area contributed by atoms with Crippen molar-refractivity contribution in [2.75, 3.05) is 4.90 Å². The van der Waals surface area contributed by atoms with Crippen LogP contribution in [0.4, 0.5) is 17.1 Å². The zero-order valence-corrected chi connectivity index (χ0v) is 31.1. The molecule has 1 atom stereocenters. The van der Waals surface area contributed by atoms with Gasteiger partial charge in [-0.3, -0.25) is 0 Å². The van der Waals surface area contributed by atoms with Crippen LogP contribution in [0.5, 0.6) is 11.5 Å². The summed E-state index contributed by atoms with van der Waals surface area (Å²) in [5.74, 6) is 1.84. The highest BCUT2D eigenvalue weighted by Gasteiger charge is 2.51. The molecule has 2 nitrogen and oxygen atoms in total. The lowest BCUT2D eigenvalue weighted by molar-refractivity contribution is 0.442. The van der Waals surface area contributed by atoms with Crippen molar-refractivity contribution in [2.24, 2.45) is 0 Å². The number of para-hydroxylation sites is 2. The fourth-order valence-corrected chi connectivity index (χ4v) is 9.83. The van der Waals surface area contributed by atoms with Crippen molar-refractivity contribution in [3.63, 3.8) is 0 Å². The average molecular weight is 726 g/mol. The number of fused-ring (bicyclic) bond motifs is 14. The Balaban J connectivity index is 1.04. The number of hydrogen-bond donors (Lipinski definition) is 0. The molecule has 1 aliphatic carbocycles. The van der Waals surface area contributed by atoms with Crippen LogP contribution < -0.4 is 9.64 Å². The highest BCUT2D eigenvalue weighted by molar-refractivity contribution is 6.14. The van der Waals surface area contributed by atoms with Crippen LogP contribution in [-0.4, -0.2) is 0 Å². The van der Waals surface area contributed by atoms with Crippen LogP contribution in [-0.2, 0) is 5.41 Å². The molecule has 0 fully saturated rings. The minimum Gasteiger partial charge on any atom is -0.456 e. The Morgan fingerprint density at radius 1 is 0.351 bits per heavy atom. The summed E-state index contributed by atoms with van der Waals surface area (Å²) in [6.07, 6.45) is 0. The fourth-order valence-electron chi connectivity index (χ4n) is 9.83. The van der Waals surface area contributed by atoms with Gasteiger partial charge in [0, 0.05) is 33.3 Å². The zero-order chi connectivity index (χ0) is 37.5. The predicted octanol–water partition coefficient (Wildman–Crippen LogP) is 14.8. The second-order valence-corrected chi connectivity index (χ2v) is 15.2. The topological polar surface area (TPSA) is 12.5 Å². The highest BCUT2D eigenvalue weighted by Crippen LogP contribution is 2.63. The second-order valence-electron chi connectivity index (χ2n) is 15.2. The summed E-state index contributed by atoms with van der Waals surface area (Å²) in [4.78, 5) is 2.40. The molecule has 57 heavy (non-hydrogen) atoms. The van der Waals surface area contributed by atoms with E-state index in [1.54, 1.807) is 0 Å². The van der Waals surface area contributed by atoms with E-state index in [0.29, 0.717) is 0 Å². The lowest BCUT2D eigenvalue weighted by Crippen LogP contribution is -2.32. The van der Waals surface area contributed by atoms with Crippen molar-refractivity contribution < 1.29 is 4.74 Å². The first-order chi connectivity index (χ1) is 28.3. The van der Waals surface area contributed by atoms with Gasteiger partial charge in [0.05, 0.1) is 11.1 Å². The second kappa shape index (κ2) is 12.3. The molecule has 0 bridgehead atoms. The molecule has 1 spiro atoms. The molecule has 0 aromatic heterocycles. The number of ether oxygens (including phenoxy) is 1. The molecule has 0 saturated carbocycles. The van der Waals surface area contributed by atoms with Crippen LogP contribution >= 0.6 is 0 Å². The van der Waals surface area contributed by atoms with Crippen molar-refractivity contribution in [1.82, 2.24) is 0 Å². The standard InChI is InChI=1S/C55H35NO/c1-2-16-40(17-3-1)56(52-35-39-15-5-6-18-42(39)44-20-8-9-22-47(44)52)41-30-26-36(27-31-41)38-28-32-46-45-21-10-11-23-48(45)55(51(46)34-38)49-24-12-13-25-53(49)57-54-43-19-7-4-14-37(43)29-33-50(54)55/h1-35H. The predicted molar refractivity (Wildman–Crippen MR) is 236 cm³/mol. The molecular formula is C55H35NO. The maximum absolute atomic E-state index is 6.88. The van der Waals surface area contributed by atoms with Gasteiger partial charge in [0.2, 0.25) is 0 Å². The Bertz CT molecular complexity index is 3220. The SMILES string of the molecule is c1ccc(N(c2ccc(-c3ccc4c(c3)C3(c5ccccc5Oc5c3ccc3ccccc53)c3ccccc3-4)cc2)c2cc3ccccc3c3ccccc23)cc1. The molecule has 1 unspecified atom stereocenters. The zero-order valence-electron chi connectivity index (χ0n) is 31.1. The van der Waals surface area contributed by atoms with E-state index in [9.17, 15) is 0 Å². The maximum Gasteiger partial charge on any atom is 0.140 e. The summed E-state index contributed by atoms with van der Waals surface area (Å²) >= 11 is 0. The van der Waals surface area contributed by atoms with Crippen LogP contribution in [0, 0.1) is 0 Å². The van der Waals surface area contributed by atoms with Gasteiger partial charge in [-0.2, -0.15) is 0 Å². The fraction of sp³-hybridized carbons (Fsp3) is 0.0182. The number of hydrogen-bond acceptors (Lipinski definition) is 2. The van der Waals surface area contributed by atoms with E-state index in [4.69, 9.17) is 4.74 Å². The van der Waals surface area contributed by atoms with Gasteiger partial charge in [0.25, 0.3) is 0 Å². The molecule has 0 N–H and O–H groups in total. The molecule has 0 saturated heterocycles. The smallest absolute Gasteiger partial charge is 0.140 e. The Kier molecular flexibility index (Phi) is 6.88. The van der Waals surface area contributed by atoms with Crippen molar-refractivity contribution in [1.29, 1.82) is 0 Å². The molecule has 2 heteroatoms. The van der Waals surface area contributed by atoms with Gasteiger partial charge in [-0.05, 0) is 97.4 Å². The third-order valence-corrected chi connectivity index (χ3v) is 12.3. The number of anilines is 3. The van der Waals surface area contributed by atoms with Crippen LogP contribution in [0.2, 0.25) is 0 Å². The van der Waals surface area contributed by atoms with Crippen molar-refractivity contribution in [3.05, 3.63) is 235 Å². The Hall–Kier alpha value is -7.42. The summed E-state index contributed by atoms with van der Waals surface area (Å²) in [6, 6.07) is 77.4. The van der Waals surface area contributed by atoms with Gasteiger partial charge in [-0.1, -0.05) is 170 Å². The molecular weight excluding hydrogens is 691 g/mol. The van der Waals surface area contributed by atoms with E-state index in [1.165, 1.54) is 71.4 Å². The van der Waals surface area contributed by atoms with Gasteiger partial charge in [0.15, 0.2) is 0 Å². The Morgan fingerprint density at radius 3 is 1.81 bits per heavy atom. The monoisotopic (exact) mass is 725 g/mol. The molecule has 12 rings (SSSR count). The molecule has 10 aromatic rings. The number of nitrogens with zero attached hydrogens (tertiary/aromatic N) is 1. The summed E-state index contributed by atoms with van der Waals surface area (Å²) in [5.41, 5.74) is 12.7. The van der Waals surface area contributed by atoms with Crippen LogP contribution in [0.15, 0.2) is 212 Å². The average Bonchev–Trinajstić information content (AvgIpc) is 3.57. The Labute approximate surface area is 331 Å². The Morgan fingerprint density at radius 2 is 0.965 bits per heavy atom. The molecule has 1 aliphatic heterocycles. The lowest BCUT2D eigenvalue weighted by Gasteiger charge is -2.40. The van der Waals surface area contributed by atoms with E-state index < -0.39 is 5.41 Å². The van der Waals surface area contributed by atoms with Gasteiger partial charge in [-0.25, -0.2) is 0 Å². The summed E-state index contributed by atoms with van der Waals surface area (Å²) in [6.45, 7) is 0. The first-order valence-electron chi connectivity index (χ1n) is 19.7. The largest absolute Gasteiger partial charge is 0.456 e. The molecule has 0 radical (unpaired) electrons. The van der Waals surface area contributed by atoms with Crippen molar-refractivity contribution in [3.8, 4) is 33.8 Å². The normalized spacial score (nSPS) is 14.9. The van der Waals surface area contributed by atoms with Crippen LogP contribution in [0.25, 0.3) is 54.6 Å². The quantitative estimate of drug-likeness (QED) is 0.168. The minimum atomic E-state index is -0.544. The van der Waals surface area contributed by atoms with E-state index in [-0.39, 0.29) is 0 Å². The van der Waals surface area contributed by atoms with E-state index >= 15 is 0 Å². The molecule has 10 aromatic carbocycles. The van der Waals surface area contributed by atoms with Gasteiger partial charge < -0.3 is 9.64 Å². The van der Waals surface area contributed by atoms with E-state index in [1.807, 2.05) is 0 Å². The first kappa shape index (κ1) is 31.9. The van der Waals surface area contributed by atoms with Crippen molar-refractivity contribution >= 4 is 49.4 Å². The van der Waals surface area contributed by atoms with Crippen LogP contribution in [0.3, 0.4) is 0 Å². The third-order valence-electron chi connectivity index (χ3n) is 12.3. The summed E-state index contributed by atoms with van der Waals surface area (Å²) in [5, 5.41) is 7.26. The summed E-state index contributed by atoms with van der Waals surface area (Å²) in [7, 11) is 0. The highest BCUT2D eigenvalue weighted by atomic mass is 16.5. The van der Waals surface area contributed by atoms with Gasteiger partial charge in [-0.15, -0.1) is 0 Å². The van der Waals surface area contributed by atoms with Gasteiger partial charge >= 0.3 is 0 Å². The molecule has 0 amide bonds. The minimum absolute atomic E-state index is 0.544. The van der Waals surface area contributed by atoms with Gasteiger partial charge in [0.1, 0.15) is 11.5 Å². The van der Waals surface area contributed by atoms with Crippen LogP contribution in [0.1, 0.15) is 22.3 Å². The molecule has 1 heterocycles. The first-order valence-corrected chi connectivity index (χ1v) is 19.7. The maximum atomic E-state index is 6.88. The van der Waals surface area contributed by atoms with E-state index in [0.717, 1.165) is 33.9 Å². The summed E-state index contributed by atoms with van der Waals surface area (Å²) < 4.78 is 6.88. The molecule has 2 aliphatic rings. The van der Waals surface area contributed by atoms with E-state index in [2.05, 4.69) is 217 Å². The number of benzene rings is 10. The molecule has 266 valence electrons.